The fourth-order valence-electron chi connectivity index (χ4n) is 2.68. The fraction of sp³-hybridized carbons (Fsp3) is 0.278. The van der Waals surface area contributed by atoms with Crippen molar-refractivity contribution < 1.29 is 13.9 Å². The van der Waals surface area contributed by atoms with E-state index in [1.165, 1.54) is 0 Å². The van der Waals surface area contributed by atoms with Crippen LogP contribution in [0.4, 0.5) is 0 Å². The topological polar surface area (TPSA) is 43.4 Å². The number of carbonyl (C=O) groups excluding carboxylic acids is 1. The van der Waals surface area contributed by atoms with Gasteiger partial charge in [-0.1, -0.05) is 42.8 Å². The zero-order valence-corrected chi connectivity index (χ0v) is 14.4. The fourth-order valence-corrected chi connectivity index (χ4v) is 3.77. The van der Waals surface area contributed by atoms with Crippen molar-refractivity contribution in [3.63, 3.8) is 0 Å². The van der Waals surface area contributed by atoms with Gasteiger partial charge in [0.2, 0.25) is 0 Å². The molecule has 0 aliphatic heterocycles. The molecule has 0 heterocycles. The summed E-state index contributed by atoms with van der Waals surface area (Å²) in [7, 11) is -2.85. The van der Waals surface area contributed by atoms with Gasteiger partial charge in [-0.2, -0.15) is 0 Å². The SMILES string of the molecule is CCc1ccccc1O[PH](=O)C(=O)c1c(C)cc(C)cc1C. The van der Waals surface area contributed by atoms with E-state index >= 15 is 0 Å². The van der Waals surface area contributed by atoms with E-state index in [1.807, 2.05) is 58.0 Å². The maximum Gasteiger partial charge on any atom is 0.305 e. The third kappa shape index (κ3) is 3.48. The van der Waals surface area contributed by atoms with Gasteiger partial charge in [-0.05, 0) is 49.9 Å². The van der Waals surface area contributed by atoms with Gasteiger partial charge in [-0.3, -0.25) is 9.36 Å². The summed E-state index contributed by atoms with van der Waals surface area (Å²) >= 11 is 0. The standard InChI is InChI=1S/C18H21O3P/c1-5-15-8-6-7-9-16(15)21-22(20)18(19)17-13(3)10-12(2)11-14(17)4/h6-11,22H,5H2,1-4H3. The summed E-state index contributed by atoms with van der Waals surface area (Å²) in [5.74, 6) is 0.532. The van der Waals surface area contributed by atoms with Crippen molar-refractivity contribution in [3.05, 3.63) is 64.2 Å². The van der Waals surface area contributed by atoms with E-state index in [2.05, 4.69) is 0 Å². The minimum absolute atomic E-state index is 0.411. The van der Waals surface area contributed by atoms with Crippen molar-refractivity contribution in [1.29, 1.82) is 0 Å². The van der Waals surface area contributed by atoms with Crippen LogP contribution >= 0.6 is 8.03 Å². The van der Waals surface area contributed by atoms with E-state index in [4.69, 9.17) is 4.52 Å². The molecule has 0 aliphatic carbocycles. The summed E-state index contributed by atoms with van der Waals surface area (Å²) in [5, 5.41) is 0. The Balaban J connectivity index is 2.29. The Morgan fingerprint density at radius 3 is 2.27 bits per heavy atom. The van der Waals surface area contributed by atoms with Crippen LogP contribution in [0.25, 0.3) is 0 Å². The van der Waals surface area contributed by atoms with Gasteiger partial charge in [0.15, 0.2) is 0 Å². The molecule has 0 radical (unpaired) electrons. The summed E-state index contributed by atoms with van der Waals surface area (Å²) < 4.78 is 17.9. The molecular weight excluding hydrogens is 295 g/mol. The zero-order chi connectivity index (χ0) is 16.3. The van der Waals surface area contributed by atoms with Gasteiger partial charge in [0.05, 0.1) is 0 Å². The molecule has 4 heteroatoms. The van der Waals surface area contributed by atoms with Crippen molar-refractivity contribution in [2.24, 2.45) is 0 Å². The molecule has 0 spiro atoms. The Hall–Kier alpha value is -1.86. The Morgan fingerprint density at radius 2 is 1.68 bits per heavy atom. The summed E-state index contributed by atoms with van der Waals surface area (Å²) in [5.41, 5.74) is 3.82. The van der Waals surface area contributed by atoms with E-state index in [1.54, 1.807) is 6.07 Å². The largest absolute Gasteiger partial charge is 0.439 e. The van der Waals surface area contributed by atoms with Gasteiger partial charge in [-0.15, -0.1) is 0 Å². The van der Waals surface area contributed by atoms with Gasteiger partial charge in [0.25, 0.3) is 5.52 Å². The highest BCUT2D eigenvalue weighted by Gasteiger charge is 2.21. The molecule has 0 aromatic heterocycles. The van der Waals surface area contributed by atoms with Crippen LogP contribution in [0.2, 0.25) is 0 Å². The van der Waals surface area contributed by atoms with Gasteiger partial charge in [0, 0.05) is 5.56 Å². The van der Waals surface area contributed by atoms with Crippen molar-refractivity contribution in [1.82, 2.24) is 0 Å². The first-order chi connectivity index (χ1) is 10.4. The molecule has 22 heavy (non-hydrogen) atoms. The van der Waals surface area contributed by atoms with Crippen LogP contribution in [0.1, 0.15) is 39.5 Å². The first kappa shape index (κ1) is 16.5. The number of rotatable bonds is 5. The molecule has 1 atom stereocenters. The Labute approximate surface area is 132 Å². The lowest BCUT2D eigenvalue weighted by molar-refractivity contribution is 0.106. The molecular formula is C18H21O3P. The molecule has 2 aromatic carbocycles. The molecule has 0 bridgehead atoms. The van der Waals surface area contributed by atoms with Gasteiger partial charge in [-0.25, -0.2) is 0 Å². The minimum atomic E-state index is -2.85. The second-order valence-corrected chi connectivity index (χ2v) is 6.69. The predicted octanol–water partition coefficient (Wildman–Crippen LogP) is 4.87. The third-order valence-electron chi connectivity index (χ3n) is 3.65. The average molecular weight is 316 g/mol. The Bertz CT molecular complexity index is 712. The second kappa shape index (κ2) is 6.93. The quantitative estimate of drug-likeness (QED) is 0.739. The molecule has 0 fully saturated rings. The van der Waals surface area contributed by atoms with E-state index in [0.717, 1.165) is 28.7 Å². The molecule has 116 valence electrons. The number of para-hydroxylation sites is 1. The molecule has 0 saturated heterocycles. The summed E-state index contributed by atoms with van der Waals surface area (Å²) in [6, 6.07) is 11.2. The first-order valence-corrected chi connectivity index (χ1v) is 8.68. The van der Waals surface area contributed by atoms with Crippen LogP contribution in [-0.4, -0.2) is 5.52 Å². The highest BCUT2D eigenvalue weighted by Crippen LogP contribution is 2.35. The van der Waals surface area contributed by atoms with E-state index in [-0.39, 0.29) is 0 Å². The van der Waals surface area contributed by atoms with Gasteiger partial charge in [0.1, 0.15) is 5.75 Å². The number of carbonyl (C=O) groups is 1. The van der Waals surface area contributed by atoms with E-state index in [9.17, 15) is 9.36 Å². The van der Waals surface area contributed by atoms with Crippen molar-refractivity contribution in [2.75, 3.05) is 0 Å². The normalized spacial score (nSPS) is 12.0. The summed E-state index contributed by atoms with van der Waals surface area (Å²) in [6.07, 6.45) is 0.766. The van der Waals surface area contributed by atoms with Gasteiger partial charge >= 0.3 is 8.03 Å². The van der Waals surface area contributed by atoms with Crippen molar-refractivity contribution in [3.8, 4) is 5.75 Å². The van der Waals surface area contributed by atoms with Crippen LogP contribution in [0.3, 0.4) is 0 Å². The smallest absolute Gasteiger partial charge is 0.305 e. The molecule has 2 rings (SSSR count). The monoisotopic (exact) mass is 316 g/mol. The number of hydrogen-bond acceptors (Lipinski definition) is 3. The lowest BCUT2D eigenvalue weighted by Gasteiger charge is -2.12. The van der Waals surface area contributed by atoms with Gasteiger partial charge < -0.3 is 4.52 Å². The number of benzene rings is 2. The Morgan fingerprint density at radius 1 is 1.09 bits per heavy atom. The second-order valence-electron chi connectivity index (χ2n) is 5.45. The maximum absolute atomic E-state index is 12.5. The van der Waals surface area contributed by atoms with Crippen LogP contribution < -0.4 is 4.52 Å². The lowest BCUT2D eigenvalue weighted by atomic mass is 10.0. The predicted molar refractivity (Wildman–Crippen MR) is 90.4 cm³/mol. The molecule has 0 aliphatic rings. The molecule has 2 aromatic rings. The third-order valence-corrected chi connectivity index (χ3v) is 4.67. The highest BCUT2D eigenvalue weighted by molar-refractivity contribution is 7.60. The first-order valence-electron chi connectivity index (χ1n) is 7.36. The number of aryl methyl sites for hydroxylation is 4. The molecule has 3 nitrogen and oxygen atoms in total. The molecule has 0 amide bonds. The van der Waals surface area contributed by atoms with E-state index in [0.29, 0.717) is 11.3 Å². The average Bonchev–Trinajstić information content (AvgIpc) is 2.46. The van der Waals surface area contributed by atoms with Crippen LogP contribution in [0.15, 0.2) is 36.4 Å². The van der Waals surface area contributed by atoms with E-state index < -0.39 is 13.6 Å². The highest BCUT2D eigenvalue weighted by atomic mass is 31.1. The summed E-state index contributed by atoms with van der Waals surface area (Å²) in [6.45, 7) is 7.70. The molecule has 0 N–H and O–H groups in total. The van der Waals surface area contributed by atoms with Crippen LogP contribution in [-0.2, 0) is 11.0 Å². The minimum Gasteiger partial charge on any atom is -0.439 e. The number of hydrogen-bond donors (Lipinski definition) is 0. The lowest BCUT2D eigenvalue weighted by Crippen LogP contribution is -2.04. The Kier molecular flexibility index (Phi) is 5.20. The summed E-state index contributed by atoms with van der Waals surface area (Å²) in [4.78, 5) is 12.5. The van der Waals surface area contributed by atoms with Crippen LogP contribution in [0.5, 0.6) is 5.75 Å². The van der Waals surface area contributed by atoms with Crippen molar-refractivity contribution >= 4 is 13.6 Å². The zero-order valence-electron chi connectivity index (χ0n) is 13.4. The molecule has 1 unspecified atom stereocenters. The van der Waals surface area contributed by atoms with Crippen molar-refractivity contribution in [2.45, 2.75) is 34.1 Å². The molecule has 0 saturated carbocycles. The van der Waals surface area contributed by atoms with Crippen LogP contribution in [0, 0.1) is 20.8 Å². The maximum atomic E-state index is 12.5.